The van der Waals surface area contributed by atoms with Crippen molar-refractivity contribution < 1.29 is 4.74 Å². The third kappa shape index (κ3) is 3.99. The van der Waals surface area contributed by atoms with Crippen LogP contribution in [0.25, 0.3) is 0 Å². The minimum Gasteiger partial charge on any atom is -0.496 e. The molecule has 0 spiro atoms. The maximum absolute atomic E-state index is 5.55. The van der Waals surface area contributed by atoms with Crippen molar-refractivity contribution in [2.75, 3.05) is 7.11 Å². The summed E-state index contributed by atoms with van der Waals surface area (Å²) in [6.07, 6.45) is 2.83. The lowest BCUT2D eigenvalue weighted by Gasteiger charge is -2.18. The predicted molar refractivity (Wildman–Crippen MR) is 97.4 cm³/mol. The molecule has 0 radical (unpaired) electrons. The summed E-state index contributed by atoms with van der Waals surface area (Å²) in [5.74, 6) is 0.967. The SMILES string of the molecule is COc1c(C)cccc1CN[C@H](Cc1cccs1)c1nccs1. The first-order valence-corrected chi connectivity index (χ1v) is 9.31. The molecular weight excluding hydrogens is 324 g/mol. The number of thiazole rings is 1. The Morgan fingerprint density at radius 1 is 1.17 bits per heavy atom. The number of hydrogen-bond acceptors (Lipinski definition) is 5. The number of para-hydroxylation sites is 1. The monoisotopic (exact) mass is 344 g/mol. The van der Waals surface area contributed by atoms with Crippen LogP contribution >= 0.6 is 22.7 Å². The fourth-order valence-electron chi connectivity index (χ4n) is 2.66. The number of ether oxygens (including phenoxy) is 1. The first-order valence-electron chi connectivity index (χ1n) is 7.55. The van der Waals surface area contributed by atoms with E-state index >= 15 is 0 Å². The van der Waals surface area contributed by atoms with Crippen LogP contribution in [-0.4, -0.2) is 12.1 Å². The molecule has 3 rings (SSSR count). The van der Waals surface area contributed by atoms with Gasteiger partial charge in [0.05, 0.1) is 13.2 Å². The highest BCUT2D eigenvalue weighted by Gasteiger charge is 2.16. The number of thiophene rings is 1. The van der Waals surface area contributed by atoms with Crippen molar-refractivity contribution in [3.05, 3.63) is 68.3 Å². The standard InChI is InChI=1S/C18H20N2OS2/c1-13-5-3-6-14(17(13)21-2)12-20-16(18-19-8-10-23-18)11-15-7-4-9-22-15/h3-10,16,20H,11-12H2,1-2H3/t16-/m1/s1. The maximum Gasteiger partial charge on any atom is 0.126 e. The molecule has 3 aromatic rings. The molecule has 0 unspecified atom stereocenters. The molecule has 0 aliphatic carbocycles. The Labute approximate surface area is 145 Å². The highest BCUT2D eigenvalue weighted by Crippen LogP contribution is 2.26. The lowest BCUT2D eigenvalue weighted by atomic mass is 10.1. The second kappa shape index (κ2) is 7.73. The van der Waals surface area contributed by atoms with Gasteiger partial charge in [-0.1, -0.05) is 24.3 Å². The fourth-order valence-corrected chi connectivity index (χ4v) is 4.13. The summed E-state index contributed by atoms with van der Waals surface area (Å²) in [5, 5.41) is 8.94. The third-order valence-corrected chi connectivity index (χ3v) is 5.56. The fraction of sp³-hybridized carbons (Fsp3) is 0.278. The minimum atomic E-state index is 0.221. The Hall–Kier alpha value is -1.69. The smallest absolute Gasteiger partial charge is 0.126 e. The van der Waals surface area contributed by atoms with Gasteiger partial charge in [0.25, 0.3) is 0 Å². The Morgan fingerprint density at radius 2 is 2.09 bits per heavy atom. The normalized spacial score (nSPS) is 12.3. The van der Waals surface area contributed by atoms with E-state index in [0.29, 0.717) is 0 Å². The minimum absolute atomic E-state index is 0.221. The van der Waals surface area contributed by atoms with E-state index in [1.165, 1.54) is 10.4 Å². The van der Waals surface area contributed by atoms with Crippen LogP contribution in [0.4, 0.5) is 0 Å². The molecule has 0 fully saturated rings. The number of benzene rings is 1. The average molecular weight is 345 g/mol. The molecule has 120 valence electrons. The topological polar surface area (TPSA) is 34.1 Å². The molecule has 0 saturated carbocycles. The van der Waals surface area contributed by atoms with Crippen molar-refractivity contribution >= 4 is 22.7 Å². The van der Waals surface area contributed by atoms with Gasteiger partial charge in [-0.2, -0.15) is 0 Å². The van der Waals surface area contributed by atoms with Crippen LogP contribution in [0.1, 0.15) is 27.1 Å². The van der Waals surface area contributed by atoms with Crippen molar-refractivity contribution in [1.82, 2.24) is 10.3 Å². The second-order valence-electron chi connectivity index (χ2n) is 5.35. The van der Waals surface area contributed by atoms with Crippen molar-refractivity contribution in [3.8, 4) is 5.75 Å². The van der Waals surface area contributed by atoms with E-state index in [0.717, 1.165) is 29.3 Å². The zero-order chi connectivity index (χ0) is 16.1. The summed E-state index contributed by atoms with van der Waals surface area (Å²) >= 11 is 3.49. The van der Waals surface area contributed by atoms with Gasteiger partial charge in [-0.3, -0.25) is 0 Å². The molecule has 5 heteroatoms. The Balaban J connectivity index is 1.76. The number of aryl methyl sites for hydroxylation is 1. The van der Waals surface area contributed by atoms with E-state index in [1.54, 1.807) is 29.8 Å². The summed E-state index contributed by atoms with van der Waals surface area (Å²) in [7, 11) is 1.73. The zero-order valence-corrected chi connectivity index (χ0v) is 14.9. The molecule has 2 heterocycles. The summed E-state index contributed by atoms with van der Waals surface area (Å²) in [5.41, 5.74) is 2.34. The molecule has 1 aromatic carbocycles. The molecule has 0 saturated heterocycles. The highest BCUT2D eigenvalue weighted by atomic mass is 32.1. The van der Waals surface area contributed by atoms with Crippen LogP contribution in [0.3, 0.4) is 0 Å². The van der Waals surface area contributed by atoms with E-state index in [-0.39, 0.29) is 6.04 Å². The van der Waals surface area contributed by atoms with Gasteiger partial charge in [0.2, 0.25) is 0 Å². The number of rotatable bonds is 7. The molecule has 1 atom stereocenters. The van der Waals surface area contributed by atoms with Crippen molar-refractivity contribution in [2.24, 2.45) is 0 Å². The highest BCUT2D eigenvalue weighted by molar-refractivity contribution is 7.10. The van der Waals surface area contributed by atoms with E-state index in [1.807, 2.05) is 11.6 Å². The molecule has 0 amide bonds. The van der Waals surface area contributed by atoms with E-state index in [4.69, 9.17) is 4.74 Å². The van der Waals surface area contributed by atoms with E-state index in [2.05, 4.69) is 52.9 Å². The van der Waals surface area contributed by atoms with E-state index in [9.17, 15) is 0 Å². The summed E-state index contributed by atoms with van der Waals surface area (Å²) in [6, 6.07) is 10.8. The van der Waals surface area contributed by atoms with Crippen LogP contribution < -0.4 is 10.1 Å². The van der Waals surface area contributed by atoms with Gasteiger partial charge < -0.3 is 10.1 Å². The zero-order valence-electron chi connectivity index (χ0n) is 13.3. The Morgan fingerprint density at radius 3 is 2.78 bits per heavy atom. The van der Waals surface area contributed by atoms with Gasteiger partial charge in [0.15, 0.2) is 0 Å². The molecule has 23 heavy (non-hydrogen) atoms. The number of aromatic nitrogens is 1. The van der Waals surface area contributed by atoms with Gasteiger partial charge in [0.1, 0.15) is 10.8 Å². The van der Waals surface area contributed by atoms with Crippen molar-refractivity contribution in [2.45, 2.75) is 25.9 Å². The Kier molecular flexibility index (Phi) is 5.43. The molecule has 0 aliphatic rings. The van der Waals surface area contributed by atoms with Gasteiger partial charge in [-0.05, 0) is 23.9 Å². The van der Waals surface area contributed by atoms with Gasteiger partial charge >= 0.3 is 0 Å². The molecule has 0 aliphatic heterocycles. The maximum atomic E-state index is 5.55. The molecule has 0 bridgehead atoms. The van der Waals surface area contributed by atoms with Gasteiger partial charge in [-0.25, -0.2) is 4.98 Å². The summed E-state index contributed by atoms with van der Waals surface area (Å²) in [4.78, 5) is 5.87. The largest absolute Gasteiger partial charge is 0.496 e. The predicted octanol–water partition coefficient (Wildman–Crippen LogP) is 4.60. The molecular formula is C18H20N2OS2. The van der Waals surface area contributed by atoms with Crippen LogP contribution in [0.2, 0.25) is 0 Å². The summed E-state index contributed by atoms with van der Waals surface area (Å²) in [6.45, 7) is 2.84. The average Bonchev–Trinajstić information content (AvgIpc) is 3.24. The van der Waals surface area contributed by atoms with Crippen LogP contribution in [0, 0.1) is 6.92 Å². The molecule has 1 N–H and O–H groups in total. The van der Waals surface area contributed by atoms with Gasteiger partial charge in [-0.15, -0.1) is 22.7 Å². The number of methoxy groups -OCH3 is 1. The van der Waals surface area contributed by atoms with Gasteiger partial charge in [0, 0.05) is 35.0 Å². The lowest BCUT2D eigenvalue weighted by Crippen LogP contribution is -2.23. The molecule has 3 nitrogen and oxygen atoms in total. The first kappa shape index (κ1) is 16.2. The molecule has 2 aromatic heterocycles. The quantitative estimate of drug-likeness (QED) is 0.680. The van der Waals surface area contributed by atoms with E-state index < -0.39 is 0 Å². The number of hydrogen-bond donors (Lipinski definition) is 1. The van der Waals surface area contributed by atoms with Crippen LogP contribution in [0.5, 0.6) is 5.75 Å². The lowest BCUT2D eigenvalue weighted by molar-refractivity contribution is 0.402. The second-order valence-corrected chi connectivity index (χ2v) is 7.31. The van der Waals surface area contributed by atoms with Crippen LogP contribution in [0.15, 0.2) is 47.3 Å². The van der Waals surface area contributed by atoms with Crippen molar-refractivity contribution in [1.29, 1.82) is 0 Å². The van der Waals surface area contributed by atoms with Crippen LogP contribution in [-0.2, 0) is 13.0 Å². The first-order chi connectivity index (χ1) is 11.3. The third-order valence-electron chi connectivity index (χ3n) is 3.77. The number of nitrogens with one attached hydrogen (secondary N) is 1. The summed E-state index contributed by atoms with van der Waals surface area (Å²) < 4.78 is 5.55. The number of nitrogens with zero attached hydrogens (tertiary/aromatic N) is 1. The Bertz CT molecular complexity index is 724. The van der Waals surface area contributed by atoms with Crippen molar-refractivity contribution in [3.63, 3.8) is 0 Å².